The van der Waals surface area contributed by atoms with Crippen molar-refractivity contribution in [2.75, 3.05) is 12.3 Å². The molecule has 0 spiro atoms. The molecule has 1 saturated heterocycles. The highest BCUT2D eigenvalue weighted by atomic mass is 32.2. The summed E-state index contributed by atoms with van der Waals surface area (Å²) in [4.78, 5) is 12.9. The summed E-state index contributed by atoms with van der Waals surface area (Å²) in [5.41, 5.74) is 1.84. The van der Waals surface area contributed by atoms with Crippen molar-refractivity contribution in [3.05, 3.63) is 70.8 Å². The van der Waals surface area contributed by atoms with Crippen molar-refractivity contribution in [2.24, 2.45) is 0 Å². The molecule has 1 unspecified atom stereocenters. The van der Waals surface area contributed by atoms with Crippen molar-refractivity contribution in [2.45, 2.75) is 57.0 Å². The normalized spacial score (nSPS) is 17.8. The summed E-state index contributed by atoms with van der Waals surface area (Å²) in [5.74, 6) is 0.359. The molecule has 1 aliphatic rings. The molecule has 0 aliphatic carbocycles. The van der Waals surface area contributed by atoms with E-state index in [1.807, 2.05) is 19.1 Å². The van der Waals surface area contributed by atoms with Gasteiger partial charge in [-0.25, -0.2) is 8.42 Å². The number of carbonyl (C=O) groups excluding carboxylic acids is 1. The summed E-state index contributed by atoms with van der Waals surface area (Å²) in [7, 11) is -3.63. The van der Waals surface area contributed by atoms with E-state index in [-0.39, 0.29) is 10.9 Å². The Labute approximate surface area is 197 Å². The second-order valence-electron chi connectivity index (χ2n) is 8.33. The molecule has 0 radical (unpaired) electrons. The molecule has 180 valence electrons. The van der Waals surface area contributed by atoms with E-state index in [2.05, 4.69) is 0 Å². The van der Waals surface area contributed by atoms with Crippen molar-refractivity contribution in [1.29, 1.82) is 0 Å². The number of benzene rings is 2. The van der Waals surface area contributed by atoms with Crippen LogP contribution >= 0.6 is 11.8 Å². The van der Waals surface area contributed by atoms with Gasteiger partial charge in [0.25, 0.3) is 0 Å². The number of halogens is 3. The molecule has 33 heavy (non-hydrogen) atoms. The maximum atomic E-state index is 13.1. The van der Waals surface area contributed by atoms with Crippen LogP contribution in [0.2, 0.25) is 0 Å². The lowest BCUT2D eigenvalue weighted by atomic mass is 10.1. The zero-order valence-electron chi connectivity index (χ0n) is 18.5. The minimum absolute atomic E-state index is 0.129. The van der Waals surface area contributed by atoms with Gasteiger partial charge in [0.05, 0.1) is 17.4 Å². The second-order valence-corrected chi connectivity index (χ2v) is 11.4. The van der Waals surface area contributed by atoms with E-state index < -0.39 is 27.8 Å². The number of aryl methyl sites for hydroxylation is 2. The van der Waals surface area contributed by atoms with Crippen LogP contribution in [-0.2, 0) is 33.2 Å². The molecule has 2 aromatic rings. The zero-order chi connectivity index (χ0) is 24.1. The molecule has 2 aromatic carbocycles. The van der Waals surface area contributed by atoms with Gasteiger partial charge >= 0.3 is 6.18 Å². The summed E-state index contributed by atoms with van der Waals surface area (Å²) >= 11 is 1.11. The SMILES string of the molecule is Cc1ccc(CS(=O)(=O)N2CCCCC2C(=O)SCCCc2ccc(C(F)(F)F)cc2)cc1. The summed E-state index contributed by atoms with van der Waals surface area (Å²) in [6.07, 6.45) is -1.14. The first-order valence-corrected chi connectivity index (χ1v) is 13.5. The fourth-order valence-electron chi connectivity index (χ4n) is 3.86. The number of thioether (sulfide) groups is 1. The quantitative estimate of drug-likeness (QED) is 0.444. The van der Waals surface area contributed by atoms with Gasteiger partial charge in [-0.3, -0.25) is 4.79 Å². The average molecular weight is 500 g/mol. The van der Waals surface area contributed by atoms with Crippen LogP contribution in [0.15, 0.2) is 48.5 Å². The number of hydrogen-bond donors (Lipinski definition) is 0. The molecule has 1 heterocycles. The Balaban J connectivity index is 1.53. The predicted molar refractivity (Wildman–Crippen MR) is 125 cm³/mol. The third kappa shape index (κ3) is 7.32. The number of piperidine rings is 1. The molecule has 0 N–H and O–H groups in total. The van der Waals surface area contributed by atoms with Crippen LogP contribution in [0.4, 0.5) is 13.2 Å². The van der Waals surface area contributed by atoms with E-state index in [4.69, 9.17) is 0 Å². The zero-order valence-corrected chi connectivity index (χ0v) is 20.1. The smallest absolute Gasteiger partial charge is 0.285 e. The first-order chi connectivity index (χ1) is 15.6. The van der Waals surface area contributed by atoms with Gasteiger partial charge in [0, 0.05) is 12.3 Å². The maximum Gasteiger partial charge on any atom is 0.416 e. The second kappa shape index (κ2) is 11.1. The standard InChI is InChI=1S/C24H28F3NO3S2/c1-18-7-9-20(10-8-18)17-33(30,31)28-15-3-2-6-22(28)23(29)32-16-4-5-19-11-13-21(14-12-19)24(25,26)27/h7-14,22H,2-6,15-17H2,1H3. The molecular formula is C24H28F3NO3S2. The Bertz CT molecular complexity index is 1040. The van der Waals surface area contributed by atoms with Crippen LogP contribution in [0.3, 0.4) is 0 Å². The number of rotatable bonds is 8. The van der Waals surface area contributed by atoms with Gasteiger partial charge in [0.15, 0.2) is 0 Å². The Hall–Kier alpha value is -1.84. The predicted octanol–water partition coefficient (Wildman–Crippen LogP) is 5.59. The third-order valence-corrected chi connectivity index (χ3v) is 8.59. The Kier molecular flexibility index (Phi) is 8.64. The lowest BCUT2D eigenvalue weighted by Gasteiger charge is -2.33. The van der Waals surface area contributed by atoms with E-state index in [0.717, 1.165) is 47.9 Å². The van der Waals surface area contributed by atoms with Crippen LogP contribution < -0.4 is 0 Å². The van der Waals surface area contributed by atoms with Crippen LogP contribution in [0.5, 0.6) is 0 Å². The largest absolute Gasteiger partial charge is 0.416 e. The van der Waals surface area contributed by atoms with Crippen molar-refractivity contribution in [1.82, 2.24) is 4.31 Å². The first kappa shape index (κ1) is 25.8. The van der Waals surface area contributed by atoms with Gasteiger partial charge in [-0.2, -0.15) is 17.5 Å². The molecule has 1 atom stereocenters. The number of hydrogen-bond acceptors (Lipinski definition) is 4. The molecule has 1 aliphatic heterocycles. The number of alkyl halides is 3. The van der Waals surface area contributed by atoms with E-state index in [0.29, 0.717) is 37.1 Å². The minimum atomic E-state index is -4.35. The van der Waals surface area contributed by atoms with Crippen molar-refractivity contribution in [3.63, 3.8) is 0 Å². The van der Waals surface area contributed by atoms with Crippen LogP contribution in [0.25, 0.3) is 0 Å². The highest BCUT2D eigenvalue weighted by molar-refractivity contribution is 8.13. The molecule has 1 fully saturated rings. The Morgan fingerprint density at radius 1 is 1.03 bits per heavy atom. The Morgan fingerprint density at radius 3 is 2.30 bits per heavy atom. The molecule has 9 heteroatoms. The van der Waals surface area contributed by atoms with Gasteiger partial charge in [-0.05, 0) is 55.9 Å². The van der Waals surface area contributed by atoms with Gasteiger partial charge in [-0.1, -0.05) is 60.1 Å². The lowest BCUT2D eigenvalue weighted by Crippen LogP contribution is -2.47. The van der Waals surface area contributed by atoms with Crippen molar-refractivity contribution in [3.8, 4) is 0 Å². The maximum absolute atomic E-state index is 13.1. The van der Waals surface area contributed by atoms with Gasteiger partial charge in [-0.15, -0.1) is 0 Å². The number of carbonyl (C=O) groups is 1. The third-order valence-electron chi connectivity index (χ3n) is 5.69. The van der Waals surface area contributed by atoms with Crippen LogP contribution in [-0.4, -0.2) is 36.2 Å². The van der Waals surface area contributed by atoms with E-state index >= 15 is 0 Å². The van der Waals surface area contributed by atoms with Crippen molar-refractivity contribution < 1.29 is 26.4 Å². The van der Waals surface area contributed by atoms with Gasteiger partial charge in [0.2, 0.25) is 15.1 Å². The molecular weight excluding hydrogens is 471 g/mol. The molecule has 0 amide bonds. The lowest BCUT2D eigenvalue weighted by molar-refractivity contribution is -0.137. The van der Waals surface area contributed by atoms with Gasteiger partial charge < -0.3 is 0 Å². The minimum Gasteiger partial charge on any atom is -0.285 e. The average Bonchev–Trinajstić information content (AvgIpc) is 2.78. The topological polar surface area (TPSA) is 54.5 Å². The monoisotopic (exact) mass is 499 g/mol. The van der Waals surface area contributed by atoms with Crippen LogP contribution in [0, 0.1) is 6.92 Å². The molecule has 4 nitrogen and oxygen atoms in total. The van der Waals surface area contributed by atoms with Gasteiger partial charge in [0.1, 0.15) is 0 Å². The highest BCUT2D eigenvalue weighted by Crippen LogP contribution is 2.30. The molecule has 0 saturated carbocycles. The van der Waals surface area contributed by atoms with E-state index in [9.17, 15) is 26.4 Å². The molecule has 0 bridgehead atoms. The van der Waals surface area contributed by atoms with Crippen LogP contribution in [0.1, 0.15) is 47.9 Å². The fourth-order valence-corrected chi connectivity index (χ4v) is 6.63. The number of sulfonamides is 1. The first-order valence-electron chi connectivity index (χ1n) is 10.9. The van der Waals surface area contributed by atoms with E-state index in [1.54, 1.807) is 12.1 Å². The van der Waals surface area contributed by atoms with Crippen molar-refractivity contribution >= 4 is 26.9 Å². The summed E-state index contributed by atoms with van der Waals surface area (Å²) < 4.78 is 65.4. The van der Waals surface area contributed by atoms with E-state index in [1.165, 1.54) is 16.4 Å². The highest BCUT2D eigenvalue weighted by Gasteiger charge is 2.36. The molecule has 0 aromatic heterocycles. The summed E-state index contributed by atoms with van der Waals surface area (Å²) in [5, 5.41) is -0.158. The molecule has 3 rings (SSSR count). The summed E-state index contributed by atoms with van der Waals surface area (Å²) in [6.45, 7) is 2.28. The fraction of sp³-hybridized carbons (Fsp3) is 0.458. The number of nitrogens with zero attached hydrogens (tertiary/aromatic N) is 1. The Morgan fingerprint density at radius 2 is 1.67 bits per heavy atom. The summed E-state index contributed by atoms with van der Waals surface area (Å²) in [6, 6.07) is 11.7.